The highest BCUT2D eigenvalue weighted by Gasteiger charge is 2.34. The summed E-state index contributed by atoms with van der Waals surface area (Å²) in [6.45, 7) is 3.74. The van der Waals surface area contributed by atoms with Crippen LogP contribution in [-0.2, 0) is 11.2 Å². The van der Waals surface area contributed by atoms with Crippen LogP contribution in [0.2, 0.25) is 0 Å². The summed E-state index contributed by atoms with van der Waals surface area (Å²) in [6, 6.07) is 4.03. The summed E-state index contributed by atoms with van der Waals surface area (Å²) in [5.74, 6) is 2.53. The van der Waals surface area contributed by atoms with Gasteiger partial charge in [0.1, 0.15) is 23.4 Å². The molecule has 29 heavy (non-hydrogen) atoms. The molecule has 1 aromatic carbocycles. The van der Waals surface area contributed by atoms with Crippen LogP contribution < -0.4 is 19.7 Å². The zero-order chi connectivity index (χ0) is 20.7. The quantitative estimate of drug-likeness (QED) is 0.831. The van der Waals surface area contributed by atoms with E-state index in [-0.39, 0.29) is 23.9 Å². The second-order valence-corrected chi connectivity index (χ2v) is 7.78. The first-order valence-corrected chi connectivity index (χ1v) is 9.77. The van der Waals surface area contributed by atoms with Gasteiger partial charge in [-0.3, -0.25) is 4.79 Å². The average Bonchev–Trinajstić information content (AvgIpc) is 2.66. The molecule has 154 valence electrons. The number of hydrogen-bond acceptors (Lipinski definition) is 6. The Morgan fingerprint density at radius 3 is 2.76 bits per heavy atom. The lowest BCUT2D eigenvalue weighted by Crippen LogP contribution is -2.45. The first kappa shape index (κ1) is 19.4. The van der Waals surface area contributed by atoms with Gasteiger partial charge >= 0.3 is 0 Å². The maximum Gasteiger partial charge on any atom is 0.246 e. The van der Waals surface area contributed by atoms with Gasteiger partial charge in [-0.15, -0.1) is 0 Å². The van der Waals surface area contributed by atoms with Gasteiger partial charge in [-0.2, -0.15) is 0 Å². The fourth-order valence-corrected chi connectivity index (χ4v) is 3.81. The number of fused-ring (bicyclic) bond motifs is 1. The molecule has 1 amide bonds. The average molecular weight is 400 g/mol. The molecule has 2 aromatic rings. The summed E-state index contributed by atoms with van der Waals surface area (Å²) in [4.78, 5) is 23.2. The fraction of sp³-hybridized carbons (Fsp3) is 0.476. The largest absolute Gasteiger partial charge is 0.493 e. The molecule has 1 N–H and O–H groups in total. The number of amides is 1. The number of nitrogens with one attached hydrogen (secondary N) is 1. The predicted molar refractivity (Wildman–Crippen MR) is 107 cm³/mol. The third-order valence-electron chi connectivity index (χ3n) is 5.74. The maximum atomic E-state index is 13.3. The van der Waals surface area contributed by atoms with Gasteiger partial charge in [-0.25, -0.2) is 14.4 Å². The number of halogens is 1. The molecular formula is C21H25FN4O3. The van der Waals surface area contributed by atoms with E-state index in [0.29, 0.717) is 23.1 Å². The lowest BCUT2D eigenvalue weighted by Gasteiger charge is -2.36. The van der Waals surface area contributed by atoms with Crippen LogP contribution in [0.3, 0.4) is 0 Å². The molecule has 1 aromatic heterocycles. The van der Waals surface area contributed by atoms with E-state index in [1.54, 1.807) is 6.07 Å². The summed E-state index contributed by atoms with van der Waals surface area (Å²) >= 11 is 0. The Morgan fingerprint density at radius 1 is 1.28 bits per heavy atom. The van der Waals surface area contributed by atoms with Gasteiger partial charge < -0.3 is 19.7 Å². The van der Waals surface area contributed by atoms with E-state index >= 15 is 0 Å². The molecule has 0 unspecified atom stereocenters. The second-order valence-electron chi connectivity index (χ2n) is 7.78. The van der Waals surface area contributed by atoms with Crippen LogP contribution in [0.15, 0.2) is 18.2 Å². The highest BCUT2D eigenvalue weighted by atomic mass is 19.1. The van der Waals surface area contributed by atoms with Crippen LogP contribution in [0.5, 0.6) is 11.5 Å². The monoisotopic (exact) mass is 400 g/mol. The molecule has 2 heterocycles. The molecule has 1 aliphatic heterocycles. The Morgan fingerprint density at radius 2 is 2.03 bits per heavy atom. The maximum absolute atomic E-state index is 13.3. The number of benzene rings is 1. The molecule has 0 bridgehead atoms. The van der Waals surface area contributed by atoms with Gasteiger partial charge in [0.2, 0.25) is 5.91 Å². The van der Waals surface area contributed by atoms with Crippen molar-refractivity contribution >= 4 is 17.4 Å². The van der Waals surface area contributed by atoms with Crippen LogP contribution in [-0.4, -0.2) is 42.2 Å². The number of rotatable bonds is 5. The normalized spacial score (nSPS) is 23.1. The van der Waals surface area contributed by atoms with Crippen LogP contribution >= 0.6 is 0 Å². The van der Waals surface area contributed by atoms with Crippen molar-refractivity contribution in [1.29, 1.82) is 0 Å². The zero-order valence-corrected chi connectivity index (χ0v) is 17.0. The number of methoxy groups -OCH3 is 1. The Kier molecular flexibility index (Phi) is 5.02. The molecule has 0 saturated heterocycles. The lowest BCUT2D eigenvalue weighted by molar-refractivity contribution is -0.117. The third-order valence-corrected chi connectivity index (χ3v) is 5.74. The fourth-order valence-electron chi connectivity index (χ4n) is 3.81. The number of carbonyl (C=O) groups is 1. The van der Waals surface area contributed by atoms with Gasteiger partial charge in [-0.05, 0) is 44.7 Å². The Bertz CT molecular complexity index is 946. The highest BCUT2D eigenvalue weighted by Crippen LogP contribution is 2.38. The van der Waals surface area contributed by atoms with E-state index in [2.05, 4.69) is 10.3 Å². The van der Waals surface area contributed by atoms with Gasteiger partial charge in [0, 0.05) is 19.5 Å². The van der Waals surface area contributed by atoms with E-state index in [1.165, 1.54) is 19.2 Å². The lowest BCUT2D eigenvalue weighted by atomic mass is 9.80. The van der Waals surface area contributed by atoms with Crippen molar-refractivity contribution in [2.45, 2.75) is 45.3 Å². The SMILES string of the molecule is COc1cc(F)ccc1OC1CC(Cc2nc(C)c3c(n2)N(C)[C@@H](C)C(=O)N3)C1. The molecule has 1 atom stereocenters. The summed E-state index contributed by atoms with van der Waals surface area (Å²) in [5, 5.41) is 2.90. The number of likely N-dealkylation sites (N-methyl/N-ethyl adjacent to an activating group) is 1. The predicted octanol–water partition coefficient (Wildman–Crippen LogP) is 3.11. The van der Waals surface area contributed by atoms with Crippen molar-refractivity contribution in [2.75, 3.05) is 24.4 Å². The van der Waals surface area contributed by atoms with Crippen molar-refractivity contribution in [2.24, 2.45) is 5.92 Å². The Labute approximate surface area is 169 Å². The molecule has 4 rings (SSSR count). The van der Waals surface area contributed by atoms with Gasteiger partial charge in [0.05, 0.1) is 18.9 Å². The molecular weight excluding hydrogens is 375 g/mol. The van der Waals surface area contributed by atoms with Crippen LogP contribution in [0.25, 0.3) is 0 Å². The number of ether oxygens (including phenoxy) is 2. The van der Waals surface area contributed by atoms with E-state index in [4.69, 9.17) is 14.5 Å². The van der Waals surface area contributed by atoms with E-state index in [9.17, 15) is 9.18 Å². The van der Waals surface area contributed by atoms with Crippen molar-refractivity contribution in [3.05, 3.63) is 35.5 Å². The summed E-state index contributed by atoms with van der Waals surface area (Å²) in [5.41, 5.74) is 1.47. The topological polar surface area (TPSA) is 76.6 Å². The number of hydrogen-bond donors (Lipinski definition) is 1. The smallest absolute Gasteiger partial charge is 0.246 e. The highest BCUT2D eigenvalue weighted by molar-refractivity contribution is 6.02. The number of nitrogens with zero attached hydrogens (tertiary/aromatic N) is 3. The van der Waals surface area contributed by atoms with E-state index < -0.39 is 0 Å². The number of anilines is 2. The Hall–Kier alpha value is -2.90. The molecule has 2 aliphatic rings. The number of aromatic nitrogens is 2. The Balaban J connectivity index is 1.40. The first-order chi connectivity index (χ1) is 13.9. The van der Waals surface area contributed by atoms with Gasteiger partial charge in [0.25, 0.3) is 0 Å². The molecule has 0 spiro atoms. The van der Waals surface area contributed by atoms with E-state index in [0.717, 1.165) is 36.6 Å². The summed E-state index contributed by atoms with van der Waals surface area (Å²) in [6.07, 6.45) is 2.58. The van der Waals surface area contributed by atoms with Crippen molar-refractivity contribution in [1.82, 2.24) is 9.97 Å². The molecule has 1 saturated carbocycles. The van der Waals surface area contributed by atoms with Crippen molar-refractivity contribution in [3.8, 4) is 11.5 Å². The molecule has 8 heteroatoms. The van der Waals surface area contributed by atoms with Gasteiger partial charge in [-0.1, -0.05) is 0 Å². The van der Waals surface area contributed by atoms with Crippen LogP contribution in [0.4, 0.5) is 15.9 Å². The standard InChI is InChI=1S/C21H25FN4O3/c1-11-19-20(26(3)12(2)21(27)25-19)24-18(23-11)9-13-7-15(8-13)29-16-6-5-14(22)10-17(16)28-4/h5-6,10,12-13,15H,7-9H2,1-4H3,(H,25,27)/t12-,13?,15?/m0/s1. The van der Waals surface area contributed by atoms with Crippen molar-refractivity contribution in [3.63, 3.8) is 0 Å². The molecule has 0 radical (unpaired) electrons. The summed E-state index contributed by atoms with van der Waals surface area (Å²) in [7, 11) is 3.38. The van der Waals surface area contributed by atoms with Crippen LogP contribution in [0, 0.1) is 18.7 Å². The molecule has 7 nitrogen and oxygen atoms in total. The minimum absolute atomic E-state index is 0.0466. The second kappa shape index (κ2) is 7.50. The van der Waals surface area contributed by atoms with Crippen LogP contribution in [0.1, 0.15) is 31.3 Å². The van der Waals surface area contributed by atoms with Crippen molar-refractivity contribution < 1.29 is 18.7 Å². The number of aryl methyl sites for hydroxylation is 1. The first-order valence-electron chi connectivity index (χ1n) is 9.77. The zero-order valence-electron chi connectivity index (χ0n) is 17.0. The summed E-state index contributed by atoms with van der Waals surface area (Å²) < 4.78 is 24.5. The third kappa shape index (κ3) is 3.71. The number of carbonyl (C=O) groups excluding carboxylic acids is 1. The van der Waals surface area contributed by atoms with E-state index in [1.807, 2.05) is 25.8 Å². The van der Waals surface area contributed by atoms with Gasteiger partial charge in [0.15, 0.2) is 17.3 Å². The molecule has 1 aliphatic carbocycles. The minimum atomic E-state index is -0.351. The molecule has 1 fully saturated rings. The minimum Gasteiger partial charge on any atom is -0.493 e.